The zero-order valence-electron chi connectivity index (χ0n) is 18.4. The number of fused-ring (bicyclic) bond motifs is 4. The lowest BCUT2D eigenvalue weighted by Crippen LogP contribution is -2.16. The van der Waals surface area contributed by atoms with Crippen molar-refractivity contribution >= 4 is 10.9 Å². The Bertz CT molecular complexity index is 1490. The molecule has 0 unspecified atom stereocenters. The second-order valence-electron chi connectivity index (χ2n) is 8.47. The summed E-state index contributed by atoms with van der Waals surface area (Å²) in [5, 5.41) is 10.0. The third-order valence-electron chi connectivity index (χ3n) is 6.35. The van der Waals surface area contributed by atoms with Crippen molar-refractivity contribution < 1.29 is 13.9 Å². The fourth-order valence-corrected chi connectivity index (χ4v) is 4.41. The SMILES string of the molecule is Cc1ccc(-c2nnc3c4cc5c(cc4n(Cc4ccccc4F)cc2-3)OCCO5)cc1C. The molecule has 0 aromatic heterocycles. The molecule has 0 bridgehead atoms. The summed E-state index contributed by atoms with van der Waals surface area (Å²) >= 11 is 0. The minimum absolute atomic E-state index is 0.232. The Morgan fingerprint density at radius 1 is 0.879 bits per heavy atom. The number of hydrogen-bond donors (Lipinski definition) is 0. The Balaban J connectivity index is 1.61. The molecule has 0 amide bonds. The first-order valence-corrected chi connectivity index (χ1v) is 11.0. The van der Waals surface area contributed by atoms with E-state index in [0.717, 1.165) is 33.4 Å². The van der Waals surface area contributed by atoms with Gasteiger partial charge in [0.05, 0.1) is 12.1 Å². The van der Waals surface area contributed by atoms with E-state index in [9.17, 15) is 4.39 Å². The van der Waals surface area contributed by atoms with Crippen molar-refractivity contribution in [1.82, 2.24) is 14.8 Å². The summed E-state index contributed by atoms with van der Waals surface area (Å²) in [5.74, 6) is 1.14. The number of rotatable bonds is 3. The summed E-state index contributed by atoms with van der Waals surface area (Å²) in [6.07, 6.45) is 2.02. The third-order valence-corrected chi connectivity index (χ3v) is 6.35. The summed E-state index contributed by atoms with van der Waals surface area (Å²) in [6.45, 7) is 5.56. The van der Waals surface area contributed by atoms with E-state index in [4.69, 9.17) is 9.47 Å². The van der Waals surface area contributed by atoms with E-state index in [0.29, 0.717) is 36.8 Å². The maximum absolute atomic E-state index is 14.5. The van der Waals surface area contributed by atoms with E-state index in [2.05, 4.69) is 42.2 Å². The zero-order chi connectivity index (χ0) is 22.5. The van der Waals surface area contributed by atoms with E-state index in [-0.39, 0.29) is 5.82 Å². The number of pyridine rings is 1. The molecular weight excluding hydrogens is 417 g/mol. The van der Waals surface area contributed by atoms with Gasteiger partial charge in [0.2, 0.25) is 0 Å². The second-order valence-corrected chi connectivity index (χ2v) is 8.47. The molecule has 0 spiro atoms. The lowest BCUT2D eigenvalue weighted by atomic mass is 9.98. The van der Waals surface area contributed by atoms with E-state index < -0.39 is 0 Å². The van der Waals surface area contributed by atoms with Gasteiger partial charge in [-0.2, -0.15) is 0 Å². The van der Waals surface area contributed by atoms with Crippen LogP contribution in [0.15, 0.2) is 60.8 Å². The van der Waals surface area contributed by atoms with Gasteiger partial charge in [0.25, 0.3) is 0 Å². The molecule has 164 valence electrons. The van der Waals surface area contributed by atoms with Gasteiger partial charge in [-0.25, -0.2) is 4.39 Å². The molecule has 3 aliphatic heterocycles. The van der Waals surface area contributed by atoms with Gasteiger partial charge < -0.3 is 14.0 Å². The molecule has 0 atom stereocenters. The second kappa shape index (κ2) is 7.59. The van der Waals surface area contributed by atoms with Crippen LogP contribution in [0.5, 0.6) is 11.5 Å². The molecule has 0 saturated heterocycles. The normalized spacial score (nSPS) is 13.1. The standard InChI is InChI=1S/C27H22FN3O2/c1-16-7-8-18(11-17(16)2)26-21-15-31(14-19-5-3-4-6-22(19)28)23-13-25-24(32-9-10-33-25)12-20(23)27(21)30-29-26/h3-8,11-13,15H,9-10,14H2,1-2H3. The first kappa shape index (κ1) is 19.7. The maximum Gasteiger partial charge on any atom is 0.163 e. The first-order valence-electron chi connectivity index (χ1n) is 11.0. The van der Waals surface area contributed by atoms with Gasteiger partial charge in [0.1, 0.15) is 30.4 Å². The monoisotopic (exact) mass is 439 g/mol. The van der Waals surface area contributed by atoms with Crippen LogP contribution in [0, 0.1) is 19.7 Å². The van der Waals surface area contributed by atoms with Crippen molar-refractivity contribution in [1.29, 1.82) is 0 Å². The summed E-state index contributed by atoms with van der Waals surface area (Å²) < 4.78 is 28.2. The largest absolute Gasteiger partial charge is 0.486 e. The topological polar surface area (TPSA) is 49.2 Å². The first-order chi connectivity index (χ1) is 16.1. The summed E-state index contributed by atoms with van der Waals surface area (Å²) in [5.41, 5.74) is 7.45. The molecule has 0 N–H and O–H groups in total. The van der Waals surface area contributed by atoms with Crippen LogP contribution in [-0.2, 0) is 6.54 Å². The molecule has 0 radical (unpaired) electrons. The molecule has 0 aliphatic carbocycles. The van der Waals surface area contributed by atoms with E-state index in [1.807, 2.05) is 35.0 Å². The molecule has 3 aromatic carbocycles. The van der Waals surface area contributed by atoms with Gasteiger partial charge in [-0.05, 0) is 43.2 Å². The fraction of sp³-hybridized carbons (Fsp3) is 0.185. The van der Waals surface area contributed by atoms with Crippen LogP contribution in [0.3, 0.4) is 0 Å². The number of hydrogen-bond acceptors (Lipinski definition) is 4. The highest BCUT2D eigenvalue weighted by molar-refractivity contribution is 5.99. The van der Waals surface area contributed by atoms with Crippen LogP contribution in [0.25, 0.3) is 33.4 Å². The van der Waals surface area contributed by atoms with Crippen LogP contribution in [0.2, 0.25) is 0 Å². The molecule has 0 fully saturated rings. The molecule has 6 heteroatoms. The van der Waals surface area contributed by atoms with Crippen molar-refractivity contribution in [3.8, 4) is 34.0 Å². The van der Waals surface area contributed by atoms with Gasteiger partial charge in [-0.3, -0.25) is 0 Å². The van der Waals surface area contributed by atoms with Gasteiger partial charge in [0, 0.05) is 34.3 Å². The lowest BCUT2D eigenvalue weighted by Gasteiger charge is -2.22. The summed E-state index contributed by atoms with van der Waals surface area (Å²) in [4.78, 5) is 0. The molecule has 5 nitrogen and oxygen atoms in total. The molecule has 6 rings (SSSR count). The van der Waals surface area contributed by atoms with Crippen molar-refractivity contribution in [2.75, 3.05) is 13.2 Å². The van der Waals surface area contributed by atoms with Crippen molar-refractivity contribution in [3.05, 3.63) is 83.3 Å². The predicted molar refractivity (Wildman–Crippen MR) is 126 cm³/mol. The Morgan fingerprint density at radius 3 is 2.42 bits per heavy atom. The number of aryl methyl sites for hydroxylation is 2. The predicted octanol–water partition coefficient (Wildman–Crippen LogP) is 5.78. The lowest BCUT2D eigenvalue weighted by molar-refractivity contribution is 0.172. The van der Waals surface area contributed by atoms with Gasteiger partial charge >= 0.3 is 0 Å². The van der Waals surface area contributed by atoms with Crippen LogP contribution >= 0.6 is 0 Å². The highest BCUT2D eigenvalue weighted by atomic mass is 19.1. The van der Waals surface area contributed by atoms with Crippen LogP contribution < -0.4 is 9.47 Å². The smallest absolute Gasteiger partial charge is 0.163 e. The summed E-state index contributed by atoms with van der Waals surface area (Å²) in [7, 11) is 0. The van der Waals surface area contributed by atoms with Crippen LogP contribution in [-0.4, -0.2) is 28.0 Å². The average molecular weight is 439 g/mol. The van der Waals surface area contributed by atoms with Crippen molar-refractivity contribution in [3.63, 3.8) is 0 Å². The maximum atomic E-state index is 14.5. The number of ether oxygens (including phenoxy) is 2. The Kier molecular flexibility index (Phi) is 4.54. The van der Waals surface area contributed by atoms with Crippen LogP contribution in [0.4, 0.5) is 4.39 Å². The van der Waals surface area contributed by atoms with Gasteiger partial charge in [0.15, 0.2) is 11.5 Å². The highest BCUT2D eigenvalue weighted by Gasteiger charge is 2.24. The van der Waals surface area contributed by atoms with Crippen molar-refractivity contribution in [2.24, 2.45) is 0 Å². The minimum Gasteiger partial charge on any atom is -0.486 e. The number of benzene rings is 3. The quantitative estimate of drug-likeness (QED) is 0.358. The Hall–Kier alpha value is -3.93. The Morgan fingerprint density at radius 2 is 1.64 bits per heavy atom. The van der Waals surface area contributed by atoms with Crippen LogP contribution in [0.1, 0.15) is 16.7 Å². The molecular formula is C27H22FN3O2. The molecule has 33 heavy (non-hydrogen) atoms. The van der Waals surface area contributed by atoms with E-state index >= 15 is 0 Å². The molecule has 3 heterocycles. The fourth-order valence-electron chi connectivity index (χ4n) is 4.41. The average Bonchev–Trinajstić information content (AvgIpc) is 3.25. The van der Waals surface area contributed by atoms with E-state index in [1.165, 1.54) is 17.2 Å². The number of aromatic nitrogens is 3. The van der Waals surface area contributed by atoms with Crippen molar-refractivity contribution in [2.45, 2.75) is 20.4 Å². The third kappa shape index (κ3) is 3.30. The molecule has 0 saturated carbocycles. The zero-order valence-corrected chi connectivity index (χ0v) is 18.4. The van der Waals surface area contributed by atoms with Gasteiger partial charge in [-0.1, -0.05) is 30.3 Å². The summed E-state index contributed by atoms with van der Waals surface area (Å²) in [6, 6.07) is 17.1. The molecule has 3 aliphatic rings. The van der Waals surface area contributed by atoms with E-state index in [1.54, 1.807) is 6.07 Å². The highest BCUT2D eigenvalue weighted by Crippen LogP contribution is 2.42. The van der Waals surface area contributed by atoms with Gasteiger partial charge in [-0.15, -0.1) is 10.2 Å². The molecule has 3 aromatic rings. The number of nitrogens with zero attached hydrogens (tertiary/aromatic N) is 3. The number of halogens is 1. The Labute approximate surface area is 190 Å². The minimum atomic E-state index is -0.232.